The minimum absolute atomic E-state index is 0.00128. The Hall–Kier alpha value is -4.04. The Morgan fingerprint density at radius 3 is 2.33 bits per heavy atom. The van der Waals surface area contributed by atoms with Gasteiger partial charge in [0.1, 0.15) is 11.5 Å². The third kappa shape index (κ3) is 8.17. The molecule has 45 heavy (non-hydrogen) atoms. The molecule has 0 atom stereocenters. The summed E-state index contributed by atoms with van der Waals surface area (Å²) in [6.07, 6.45) is 3.99. The van der Waals surface area contributed by atoms with Gasteiger partial charge >= 0.3 is 0 Å². The molecule has 0 spiro atoms. The molecule has 0 N–H and O–H groups in total. The van der Waals surface area contributed by atoms with Gasteiger partial charge < -0.3 is 24.2 Å². The molecular formula is C37H48N4O4. The summed E-state index contributed by atoms with van der Waals surface area (Å²) in [7, 11) is 0. The highest BCUT2D eigenvalue weighted by Gasteiger charge is 2.26. The zero-order chi connectivity index (χ0) is 31.6. The second kappa shape index (κ2) is 15.8. The number of rotatable bonds is 9. The van der Waals surface area contributed by atoms with Crippen LogP contribution in [0.2, 0.25) is 0 Å². The summed E-state index contributed by atoms with van der Waals surface area (Å²) in [6, 6.07) is 22.2. The normalized spacial score (nSPS) is 16.2. The fraction of sp³-hybridized carbons (Fsp3) is 0.459. The Kier molecular flexibility index (Phi) is 11.4. The standard InChI is InChI=1S/C37H48N4O4/c1-4-25-45-36-18-17-32(39-20-10-11-21-39)26-33(36)37(43)40-24-23-38(27-31-14-7-9-16-35(31)44-5-2)19-12-22-41(29(3)42)34-15-8-6-13-30(34)28-40/h6-9,13-18,26H,4-5,10-12,19-25,27-28H2,1-3H3. The first-order valence-corrected chi connectivity index (χ1v) is 16.6. The summed E-state index contributed by atoms with van der Waals surface area (Å²) in [4.78, 5) is 36.1. The molecule has 0 unspecified atom stereocenters. The Balaban J connectivity index is 1.51. The van der Waals surface area contributed by atoms with Crippen LogP contribution in [0.1, 0.15) is 67.9 Å². The number of hydrogen-bond donors (Lipinski definition) is 0. The average Bonchev–Trinajstić information content (AvgIpc) is 3.59. The SMILES string of the molecule is CCCOc1ccc(N2CCCC2)cc1C(=O)N1CCN(Cc2ccccc2OCC)CCCN(C(C)=O)c2ccccc2C1. The number of ether oxygens (including phenoxy) is 2. The minimum Gasteiger partial charge on any atom is -0.494 e. The molecule has 3 aromatic rings. The van der Waals surface area contributed by atoms with Crippen LogP contribution in [0.15, 0.2) is 66.7 Å². The number of para-hydroxylation sites is 2. The number of amides is 2. The third-order valence-electron chi connectivity index (χ3n) is 8.65. The average molecular weight is 613 g/mol. The highest BCUT2D eigenvalue weighted by molar-refractivity contribution is 5.98. The van der Waals surface area contributed by atoms with Gasteiger partial charge in [0.25, 0.3) is 5.91 Å². The molecule has 8 nitrogen and oxygen atoms in total. The van der Waals surface area contributed by atoms with Gasteiger partial charge in [0.2, 0.25) is 5.91 Å². The fourth-order valence-corrected chi connectivity index (χ4v) is 6.33. The van der Waals surface area contributed by atoms with E-state index in [4.69, 9.17) is 9.47 Å². The van der Waals surface area contributed by atoms with Crippen molar-refractivity contribution in [2.75, 3.05) is 62.3 Å². The van der Waals surface area contributed by atoms with Gasteiger partial charge in [0.05, 0.1) is 18.8 Å². The van der Waals surface area contributed by atoms with Crippen LogP contribution >= 0.6 is 0 Å². The smallest absolute Gasteiger partial charge is 0.258 e. The van der Waals surface area contributed by atoms with E-state index in [-0.39, 0.29) is 11.8 Å². The van der Waals surface area contributed by atoms with Gasteiger partial charge in [-0.25, -0.2) is 0 Å². The maximum absolute atomic E-state index is 14.6. The Morgan fingerprint density at radius 1 is 0.778 bits per heavy atom. The molecule has 2 heterocycles. The lowest BCUT2D eigenvalue weighted by Gasteiger charge is -2.29. The largest absolute Gasteiger partial charge is 0.494 e. The van der Waals surface area contributed by atoms with Crippen LogP contribution in [-0.4, -0.2) is 74.1 Å². The van der Waals surface area contributed by atoms with Crippen LogP contribution < -0.4 is 19.3 Å². The van der Waals surface area contributed by atoms with Crippen molar-refractivity contribution < 1.29 is 19.1 Å². The fourth-order valence-electron chi connectivity index (χ4n) is 6.33. The van der Waals surface area contributed by atoms with Crippen molar-refractivity contribution >= 4 is 23.2 Å². The van der Waals surface area contributed by atoms with E-state index in [0.29, 0.717) is 57.3 Å². The van der Waals surface area contributed by atoms with Crippen LogP contribution in [0.4, 0.5) is 11.4 Å². The van der Waals surface area contributed by atoms with Gasteiger partial charge in [0.15, 0.2) is 0 Å². The van der Waals surface area contributed by atoms with Gasteiger partial charge in [-0.15, -0.1) is 0 Å². The lowest BCUT2D eigenvalue weighted by Crippen LogP contribution is -2.39. The highest BCUT2D eigenvalue weighted by Crippen LogP contribution is 2.31. The maximum Gasteiger partial charge on any atom is 0.258 e. The zero-order valence-corrected chi connectivity index (χ0v) is 27.2. The van der Waals surface area contributed by atoms with Crippen molar-refractivity contribution in [2.24, 2.45) is 0 Å². The monoisotopic (exact) mass is 612 g/mol. The molecule has 5 rings (SSSR count). The van der Waals surface area contributed by atoms with E-state index in [9.17, 15) is 9.59 Å². The topological polar surface area (TPSA) is 65.6 Å². The summed E-state index contributed by atoms with van der Waals surface area (Å²) >= 11 is 0. The molecule has 0 aromatic heterocycles. The van der Waals surface area contributed by atoms with Gasteiger partial charge in [-0.05, 0) is 68.5 Å². The summed E-state index contributed by atoms with van der Waals surface area (Å²) < 4.78 is 12.1. The molecule has 0 radical (unpaired) electrons. The third-order valence-corrected chi connectivity index (χ3v) is 8.65. The highest BCUT2D eigenvalue weighted by atomic mass is 16.5. The molecule has 1 saturated heterocycles. The number of hydrogen-bond acceptors (Lipinski definition) is 6. The molecule has 2 amide bonds. The van der Waals surface area contributed by atoms with Crippen LogP contribution in [0, 0.1) is 0 Å². The predicted molar refractivity (Wildman–Crippen MR) is 180 cm³/mol. The Bertz CT molecular complexity index is 1440. The first-order valence-electron chi connectivity index (χ1n) is 16.6. The van der Waals surface area contributed by atoms with Gasteiger partial charge in [-0.1, -0.05) is 43.3 Å². The van der Waals surface area contributed by atoms with Crippen molar-refractivity contribution in [1.29, 1.82) is 0 Å². The molecule has 0 saturated carbocycles. The predicted octanol–water partition coefficient (Wildman–Crippen LogP) is 6.38. The van der Waals surface area contributed by atoms with Crippen LogP contribution in [-0.2, 0) is 17.9 Å². The van der Waals surface area contributed by atoms with E-state index in [2.05, 4.69) is 28.9 Å². The molecule has 2 aliphatic heterocycles. The number of anilines is 2. The molecule has 240 valence electrons. The zero-order valence-electron chi connectivity index (χ0n) is 27.2. The van der Waals surface area contributed by atoms with Gasteiger partial charge in [-0.3, -0.25) is 14.5 Å². The van der Waals surface area contributed by atoms with E-state index in [1.54, 1.807) is 6.92 Å². The number of benzene rings is 3. The second-order valence-corrected chi connectivity index (χ2v) is 11.9. The minimum atomic E-state index is -0.0553. The number of carbonyl (C=O) groups is 2. The van der Waals surface area contributed by atoms with E-state index in [0.717, 1.165) is 73.6 Å². The molecule has 0 bridgehead atoms. The van der Waals surface area contributed by atoms with Crippen molar-refractivity contribution in [3.05, 3.63) is 83.4 Å². The summed E-state index contributed by atoms with van der Waals surface area (Å²) in [5, 5.41) is 0. The first-order chi connectivity index (χ1) is 22.0. The molecule has 2 aliphatic rings. The molecule has 0 aliphatic carbocycles. The maximum atomic E-state index is 14.6. The van der Waals surface area contributed by atoms with E-state index in [1.165, 1.54) is 0 Å². The molecular weight excluding hydrogens is 564 g/mol. The van der Waals surface area contributed by atoms with Gasteiger partial charge in [0, 0.05) is 76.2 Å². The summed E-state index contributed by atoms with van der Waals surface area (Å²) in [5.41, 5.74) is 4.60. The summed E-state index contributed by atoms with van der Waals surface area (Å²) in [6.45, 7) is 12.5. The van der Waals surface area contributed by atoms with Crippen LogP contribution in [0.3, 0.4) is 0 Å². The van der Waals surface area contributed by atoms with Crippen molar-refractivity contribution in [3.8, 4) is 11.5 Å². The van der Waals surface area contributed by atoms with Gasteiger partial charge in [-0.2, -0.15) is 0 Å². The van der Waals surface area contributed by atoms with Crippen molar-refractivity contribution in [2.45, 2.75) is 59.5 Å². The first kappa shape index (κ1) is 32.4. The lowest BCUT2D eigenvalue weighted by molar-refractivity contribution is -0.116. The lowest BCUT2D eigenvalue weighted by atomic mass is 10.1. The number of fused-ring (bicyclic) bond motifs is 1. The van der Waals surface area contributed by atoms with Crippen LogP contribution in [0.25, 0.3) is 0 Å². The quantitative estimate of drug-likeness (QED) is 0.280. The van der Waals surface area contributed by atoms with E-state index >= 15 is 0 Å². The molecule has 8 heteroatoms. The number of carbonyl (C=O) groups excluding carboxylic acids is 2. The molecule has 1 fully saturated rings. The molecule has 3 aromatic carbocycles. The van der Waals surface area contributed by atoms with E-state index < -0.39 is 0 Å². The number of nitrogens with zero attached hydrogens (tertiary/aromatic N) is 4. The van der Waals surface area contributed by atoms with Crippen molar-refractivity contribution in [3.63, 3.8) is 0 Å². The van der Waals surface area contributed by atoms with Crippen molar-refractivity contribution in [1.82, 2.24) is 9.80 Å². The summed E-state index contributed by atoms with van der Waals surface area (Å²) in [5.74, 6) is 1.46. The van der Waals surface area contributed by atoms with E-state index in [1.807, 2.05) is 71.3 Å². The Morgan fingerprint density at radius 2 is 1.56 bits per heavy atom. The Labute approximate surface area is 268 Å². The second-order valence-electron chi connectivity index (χ2n) is 11.9. The van der Waals surface area contributed by atoms with Crippen LogP contribution in [0.5, 0.6) is 11.5 Å².